The average Bonchev–Trinajstić information content (AvgIpc) is 3.39. The molecule has 0 aromatic rings. The van der Waals surface area contributed by atoms with Gasteiger partial charge in [-0.25, -0.2) is 0 Å². The Morgan fingerprint density at radius 2 is 0.534 bits per heavy atom. The van der Waals surface area contributed by atoms with Gasteiger partial charge in [0.2, 0.25) is 0 Å². The van der Waals surface area contributed by atoms with Gasteiger partial charge in [-0.2, -0.15) is 0 Å². The highest BCUT2D eigenvalue weighted by molar-refractivity contribution is 5.71. The van der Waals surface area contributed by atoms with Crippen molar-refractivity contribution in [3.05, 3.63) is 85.1 Å². The van der Waals surface area contributed by atoms with Gasteiger partial charge in [0.1, 0.15) is 13.2 Å². The van der Waals surface area contributed by atoms with Crippen LogP contribution in [0.1, 0.15) is 303 Å². The molecular formula is C67H116O6. The topological polar surface area (TPSA) is 78.9 Å². The minimum Gasteiger partial charge on any atom is -0.462 e. The minimum absolute atomic E-state index is 0.0804. The summed E-state index contributed by atoms with van der Waals surface area (Å²) in [5, 5.41) is 0. The summed E-state index contributed by atoms with van der Waals surface area (Å²) in [6, 6.07) is 0. The molecule has 0 aromatic carbocycles. The van der Waals surface area contributed by atoms with Crippen LogP contribution in [0.25, 0.3) is 0 Å². The van der Waals surface area contributed by atoms with Gasteiger partial charge in [0.05, 0.1) is 0 Å². The molecule has 0 fully saturated rings. The summed E-state index contributed by atoms with van der Waals surface area (Å²) in [6.07, 6.45) is 80.1. The fourth-order valence-electron chi connectivity index (χ4n) is 8.74. The third-order valence-corrected chi connectivity index (χ3v) is 13.4. The van der Waals surface area contributed by atoms with Crippen LogP contribution in [0.2, 0.25) is 0 Å². The van der Waals surface area contributed by atoms with Gasteiger partial charge in [0.25, 0.3) is 0 Å². The van der Waals surface area contributed by atoms with E-state index in [1.165, 1.54) is 154 Å². The molecule has 6 heteroatoms. The molecule has 0 amide bonds. The molecule has 0 saturated heterocycles. The quantitative estimate of drug-likeness (QED) is 0.0261. The summed E-state index contributed by atoms with van der Waals surface area (Å²) < 4.78 is 16.9. The van der Waals surface area contributed by atoms with E-state index in [0.29, 0.717) is 19.3 Å². The average molecular weight is 1020 g/mol. The van der Waals surface area contributed by atoms with Crippen LogP contribution < -0.4 is 0 Å². The van der Waals surface area contributed by atoms with Gasteiger partial charge in [-0.15, -0.1) is 0 Å². The molecular weight excluding hydrogens is 901 g/mol. The monoisotopic (exact) mass is 1020 g/mol. The van der Waals surface area contributed by atoms with E-state index < -0.39 is 6.10 Å². The van der Waals surface area contributed by atoms with Crippen LogP contribution in [0.15, 0.2) is 85.1 Å². The molecule has 0 aliphatic heterocycles. The lowest BCUT2D eigenvalue weighted by Crippen LogP contribution is -2.30. The normalized spacial score (nSPS) is 12.6. The van der Waals surface area contributed by atoms with Crippen molar-refractivity contribution in [3.8, 4) is 0 Å². The minimum atomic E-state index is -0.784. The predicted octanol–water partition coefficient (Wildman–Crippen LogP) is 21.1. The molecule has 420 valence electrons. The number of ether oxygens (including phenoxy) is 3. The Morgan fingerprint density at radius 1 is 0.288 bits per heavy atom. The Balaban J connectivity index is 4.35. The number of carbonyl (C=O) groups is 3. The van der Waals surface area contributed by atoms with Crippen LogP contribution in [0, 0.1) is 0 Å². The van der Waals surface area contributed by atoms with Crippen LogP contribution in [-0.4, -0.2) is 37.2 Å². The van der Waals surface area contributed by atoms with E-state index in [9.17, 15) is 14.4 Å². The highest BCUT2D eigenvalue weighted by atomic mass is 16.6. The molecule has 73 heavy (non-hydrogen) atoms. The van der Waals surface area contributed by atoms with E-state index in [-0.39, 0.29) is 31.1 Å². The second-order valence-electron chi connectivity index (χ2n) is 20.6. The molecule has 0 N–H and O–H groups in total. The Hall–Kier alpha value is -3.41. The van der Waals surface area contributed by atoms with Gasteiger partial charge in [-0.3, -0.25) is 14.4 Å². The van der Waals surface area contributed by atoms with Crippen molar-refractivity contribution in [2.24, 2.45) is 0 Å². The van der Waals surface area contributed by atoms with Gasteiger partial charge in [0, 0.05) is 19.3 Å². The SMILES string of the molecule is CC/C=C\C/C=C\C/C=C\C/C=C\C/C=C\C/C=C\CCCCCCCCC(=O)OCC(COC(=O)CCCCCCCCCCCCCC)OC(=O)CCCCCCCCC/C=C\CCCCCCCCC. The van der Waals surface area contributed by atoms with E-state index in [0.717, 1.165) is 109 Å². The summed E-state index contributed by atoms with van der Waals surface area (Å²) in [5.74, 6) is -0.889. The van der Waals surface area contributed by atoms with E-state index in [1.807, 2.05) is 0 Å². The number of allylic oxidation sites excluding steroid dienone is 14. The smallest absolute Gasteiger partial charge is 0.306 e. The molecule has 0 saturated carbocycles. The standard InChI is InChI=1S/C67H116O6/c1-4-7-10-13-16-19-22-25-27-29-31-32-33-34-35-36-37-39-40-42-45-48-51-54-57-60-66(69)72-63-64(62-71-65(68)59-56-53-50-47-44-24-21-18-15-12-9-6-3)73-67(70)61-58-55-52-49-46-43-41-38-30-28-26-23-20-17-14-11-8-5-2/h7,10,16,19,25,27-28,30-32,34-35,37,39,64H,4-6,8-9,11-15,17-18,20-24,26,29,33,36,38,40-63H2,1-3H3/b10-7-,19-16-,27-25-,30-28-,32-31-,35-34-,39-37-. The number of esters is 3. The molecule has 0 aliphatic carbocycles. The highest BCUT2D eigenvalue weighted by Gasteiger charge is 2.19. The molecule has 1 unspecified atom stereocenters. The van der Waals surface area contributed by atoms with Crippen molar-refractivity contribution in [1.29, 1.82) is 0 Å². The van der Waals surface area contributed by atoms with Crippen LogP contribution in [0.4, 0.5) is 0 Å². The Bertz CT molecular complexity index is 1400. The fourth-order valence-corrected chi connectivity index (χ4v) is 8.74. The van der Waals surface area contributed by atoms with Crippen molar-refractivity contribution >= 4 is 17.9 Å². The zero-order valence-corrected chi connectivity index (χ0v) is 48.1. The van der Waals surface area contributed by atoms with Crippen molar-refractivity contribution in [1.82, 2.24) is 0 Å². The fraction of sp³-hybridized carbons (Fsp3) is 0.746. The second kappa shape index (κ2) is 61.1. The van der Waals surface area contributed by atoms with E-state index in [2.05, 4.69) is 106 Å². The van der Waals surface area contributed by atoms with Crippen LogP contribution >= 0.6 is 0 Å². The van der Waals surface area contributed by atoms with Gasteiger partial charge >= 0.3 is 17.9 Å². The highest BCUT2D eigenvalue weighted by Crippen LogP contribution is 2.16. The summed E-state index contributed by atoms with van der Waals surface area (Å²) >= 11 is 0. The first kappa shape index (κ1) is 69.6. The largest absolute Gasteiger partial charge is 0.462 e. The van der Waals surface area contributed by atoms with Gasteiger partial charge in [-0.05, 0) is 96.3 Å². The zero-order valence-electron chi connectivity index (χ0n) is 48.1. The molecule has 0 aliphatic rings. The molecule has 0 rings (SSSR count). The van der Waals surface area contributed by atoms with E-state index in [1.54, 1.807) is 0 Å². The molecule has 0 radical (unpaired) electrons. The lowest BCUT2D eigenvalue weighted by Gasteiger charge is -2.18. The first-order valence-corrected chi connectivity index (χ1v) is 31.1. The van der Waals surface area contributed by atoms with Crippen molar-refractivity contribution in [2.75, 3.05) is 13.2 Å². The maximum atomic E-state index is 12.9. The molecule has 6 nitrogen and oxygen atoms in total. The molecule has 0 spiro atoms. The van der Waals surface area contributed by atoms with Gasteiger partial charge in [-0.1, -0.05) is 273 Å². The van der Waals surface area contributed by atoms with E-state index in [4.69, 9.17) is 14.2 Å². The Labute approximate surface area is 452 Å². The summed E-state index contributed by atoms with van der Waals surface area (Å²) in [7, 11) is 0. The molecule has 0 bridgehead atoms. The Morgan fingerprint density at radius 3 is 0.849 bits per heavy atom. The Kier molecular flexibility index (Phi) is 58.3. The van der Waals surface area contributed by atoms with Crippen molar-refractivity contribution in [3.63, 3.8) is 0 Å². The van der Waals surface area contributed by atoms with Crippen molar-refractivity contribution < 1.29 is 28.6 Å². The maximum Gasteiger partial charge on any atom is 0.306 e. The number of carbonyl (C=O) groups excluding carboxylic acids is 3. The van der Waals surface area contributed by atoms with Crippen LogP contribution in [0.5, 0.6) is 0 Å². The third kappa shape index (κ3) is 59.3. The molecule has 0 heterocycles. The first-order chi connectivity index (χ1) is 36.0. The maximum absolute atomic E-state index is 12.9. The summed E-state index contributed by atoms with van der Waals surface area (Å²) in [5.41, 5.74) is 0. The zero-order chi connectivity index (χ0) is 52.9. The summed E-state index contributed by atoms with van der Waals surface area (Å²) in [6.45, 7) is 6.53. The van der Waals surface area contributed by atoms with Crippen LogP contribution in [0.3, 0.4) is 0 Å². The van der Waals surface area contributed by atoms with Crippen molar-refractivity contribution in [2.45, 2.75) is 309 Å². The lowest BCUT2D eigenvalue weighted by atomic mass is 10.0. The summed E-state index contributed by atoms with van der Waals surface area (Å²) in [4.78, 5) is 38.2. The number of hydrogen-bond donors (Lipinski definition) is 0. The van der Waals surface area contributed by atoms with Gasteiger partial charge in [0.15, 0.2) is 6.10 Å². The molecule has 1 atom stereocenters. The molecule has 0 aromatic heterocycles. The first-order valence-electron chi connectivity index (χ1n) is 31.1. The third-order valence-electron chi connectivity index (χ3n) is 13.4. The number of rotatable bonds is 56. The van der Waals surface area contributed by atoms with E-state index >= 15 is 0 Å². The predicted molar refractivity (Wildman–Crippen MR) is 316 cm³/mol. The number of hydrogen-bond acceptors (Lipinski definition) is 6. The number of unbranched alkanes of at least 4 members (excludes halogenated alkanes) is 31. The van der Waals surface area contributed by atoms with Gasteiger partial charge < -0.3 is 14.2 Å². The second-order valence-corrected chi connectivity index (χ2v) is 20.6. The van der Waals surface area contributed by atoms with Crippen LogP contribution in [-0.2, 0) is 28.6 Å². The lowest BCUT2D eigenvalue weighted by molar-refractivity contribution is -0.167.